The number of alkyl halides is 1. The van der Waals surface area contributed by atoms with E-state index in [0.29, 0.717) is 10.9 Å². The minimum atomic E-state index is -5.01. The van der Waals surface area contributed by atoms with Gasteiger partial charge < -0.3 is 17.7 Å². The molecule has 0 bridgehead atoms. The molecule has 1 nitrogen and oxygen atoms in total. The molecule has 0 N–H and O–H groups in total. The molecule has 0 spiro atoms. The predicted octanol–water partition coefficient (Wildman–Crippen LogP) is -0.352. The van der Waals surface area contributed by atoms with E-state index in [2.05, 4.69) is 20.7 Å². The number of methoxy groups -OCH3 is 1. The number of ether oxygens (including phenoxy) is 1. The molecule has 0 atom stereocenters. The van der Waals surface area contributed by atoms with Gasteiger partial charge in [-0.2, -0.15) is 0 Å². The van der Waals surface area contributed by atoms with Gasteiger partial charge in [0.05, 0.1) is 12.9 Å². The Morgan fingerprint density at radius 1 is 1.33 bits per heavy atom. The summed E-state index contributed by atoms with van der Waals surface area (Å²) in [6, 6.07) is 4.04. The van der Waals surface area contributed by atoms with Crippen LogP contribution in [0.25, 0.3) is 0 Å². The predicted molar refractivity (Wildman–Crippen MR) is 54.3 cm³/mol. The van der Waals surface area contributed by atoms with E-state index < -0.39 is 12.4 Å². The second kappa shape index (κ2) is 6.66. The van der Waals surface area contributed by atoms with Gasteiger partial charge in [0, 0.05) is 5.33 Å². The molecule has 7 heteroatoms. The van der Waals surface area contributed by atoms with Gasteiger partial charge in [-0.1, -0.05) is 33.5 Å². The van der Waals surface area contributed by atoms with Gasteiger partial charge in [-0.15, -0.1) is 0 Å². The summed E-state index contributed by atoms with van der Waals surface area (Å²) < 4.78 is 42.2. The van der Waals surface area contributed by atoms with E-state index in [1.54, 1.807) is 6.07 Å². The SMILES string of the molecule is COc1ccc(CBr)cc1[B-](F)(F)F.[K+]. The van der Waals surface area contributed by atoms with Crippen LogP contribution in [0.1, 0.15) is 5.56 Å². The standard InChI is InChI=1S/C8H8BBrF3O.K/c1-14-8-3-2-6(5-10)4-7(8)9(11,12)13;/h2-4H,5H2,1H3;/q-1;+1. The van der Waals surface area contributed by atoms with Crippen LogP contribution in [-0.4, -0.2) is 14.1 Å². The van der Waals surface area contributed by atoms with Gasteiger partial charge in [-0.05, 0) is 11.6 Å². The molecule has 0 aromatic heterocycles. The first kappa shape index (κ1) is 16.0. The summed E-state index contributed by atoms with van der Waals surface area (Å²) in [6.07, 6.45) is 0. The van der Waals surface area contributed by atoms with E-state index in [1.807, 2.05) is 0 Å². The molecule has 0 unspecified atom stereocenters. The first-order valence-corrected chi connectivity index (χ1v) is 5.04. The molecule has 0 aliphatic carbocycles. The quantitative estimate of drug-likeness (QED) is 0.548. The van der Waals surface area contributed by atoms with Crippen molar-refractivity contribution in [2.75, 3.05) is 7.11 Å². The Balaban J connectivity index is 0.00000196. The molecular formula is C8H8BBrF3KO. The minimum Gasteiger partial charge on any atom is -0.500 e. The van der Waals surface area contributed by atoms with Crippen molar-refractivity contribution in [1.29, 1.82) is 0 Å². The molecule has 0 heterocycles. The van der Waals surface area contributed by atoms with Crippen molar-refractivity contribution in [3.63, 3.8) is 0 Å². The molecule has 15 heavy (non-hydrogen) atoms. The van der Waals surface area contributed by atoms with Crippen LogP contribution in [0, 0.1) is 0 Å². The largest absolute Gasteiger partial charge is 1.00 e. The Labute approximate surface area is 137 Å². The third kappa shape index (κ3) is 4.40. The summed E-state index contributed by atoms with van der Waals surface area (Å²) in [5, 5.41) is 0.399. The van der Waals surface area contributed by atoms with Crippen molar-refractivity contribution in [3.05, 3.63) is 23.8 Å². The second-order valence-corrected chi connectivity index (χ2v) is 3.35. The maximum Gasteiger partial charge on any atom is 1.00 e. The normalized spacial score (nSPS) is 10.7. The van der Waals surface area contributed by atoms with Crippen LogP contribution in [0.4, 0.5) is 12.9 Å². The molecule has 0 aliphatic rings. The molecule has 0 aliphatic heterocycles. The van der Waals surface area contributed by atoms with E-state index in [-0.39, 0.29) is 57.1 Å². The van der Waals surface area contributed by atoms with Gasteiger partial charge in [0.2, 0.25) is 0 Å². The maximum absolute atomic E-state index is 12.5. The maximum atomic E-state index is 12.5. The van der Waals surface area contributed by atoms with Gasteiger partial charge in [-0.3, -0.25) is 0 Å². The number of hydrogen-bond acceptors (Lipinski definition) is 1. The third-order valence-electron chi connectivity index (χ3n) is 1.80. The van der Waals surface area contributed by atoms with Crippen LogP contribution in [0.3, 0.4) is 0 Å². The van der Waals surface area contributed by atoms with Gasteiger partial charge in [0.1, 0.15) is 0 Å². The average Bonchev–Trinajstić information content (AvgIpc) is 2.15. The molecule has 0 amide bonds. The summed E-state index contributed by atoms with van der Waals surface area (Å²) in [4.78, 5) is 0. The first-order chi connectivity index (χ1) is 6.49. The Morgan fingerprint density at radius 3 is 2.33 bits per heavy atom. The van der Waals surface area contributed by atoms with E-state index >= 15 is 0 Å². The number of benzene rings is 1. The Kier molecular flexibility index (Phi) is 7.10. The molecule has 1 aromatic carbocycles. The fraction of sp³-hybridized carbons (Fsp3) is 0.250. The zero-order valence-corrected chi connectivity index (χ0v) is 13.1. The summed E-state index contributed by atoms with van der Waals surface area (Å²) in [5.41, 5.74) is -0.0931. The van der Waals surface area contributed by atoms with Crippen LogP contribution < -0.4 is 61.6 Å². The molecule has 0 saturated heterocycles. The summed E-state index contributed by atoms with van der Waals surface area (Å²) in [6.45, 7) is -5.01. The summed E-state index contributed by atoms with van der Waals surface area (Å²) >= 11 is 3.10. The van der Waals surface area contributed by atoms with Crippen LogP contribution in [0.15, 0.2) is 18.2 Å². The van der Waals surface area contributed by atoms with Gasteiger partial charge in [0.25, 0.3) is 0 Å². The zero-order valence-electron chi connectivity index (χ0n) is 8.44. The molecule has 0 saturated carbocycles. The van der Waals surface area contributed by atoms with Crippen LogP contribution in [0.5, 0.6) is 5.75 Å². The first-order valence-electron chi connectivity index (χ1n) is 3.91. The Morgan fingerprint density at radius 2 is 1.93 bits per heavy atom. The zero-order chi connectivity index (χ0) is 10.8. The third-order valence-corrected chi connectivity index (χ3v) is 2.45. The number of hydrogen-bond donors (Lipinski definition) is 0. The van der Waals surface area contributed by atoms with Crippen molar-refractivity contribution >= 4 is 28.4 Å². The molecule has 78 valence electrons. The number of rotatable bonds is 3. The second-order valence-electron chi connectivity index (χ2n) is 2.78. The molecule has 1 rings (SSSR count). The average molecular weight is 307 g/mol. The van der Waals surface area contributed by atoms with Crippen LogP contribution in [-0.2, 0) is 5.33 Å². The van der Waals surface area contributed by atoms with Crippen LogP contribution in [0.2, 0.25) is 0 Å². The van der Waals surface area contributed by atoms with Crippen molar-refractivity contribution in [3.8, 4) is 5.75 Å². The van der Waals surface area contributed by atoms with Gasteiger partial charge >= 0.3 is 58.4 Å². The van der Waals surface area contributed by atoms with Crippen molar-refractivity contribution in [2.45, 2.75) is 5.33 Å². The Bertz CT molecular complexity index is 332. The summed E-state index contributed by atoms with van der Waals surface area (Å²) in [7, 11) is 1.23. The van der Waals surface area contributed by atoms with Crippen molar-refractivity contribution in [2.24, 2.45) is 0 Å². The molecule has 1 aromatic rings. The van der Waals surface area contributed by atoms with Crippen molar-refractivity contribution < 1.29 is 69.1 Å². The fourth-order valence-electron chi connectivity index (χ4n) is 1.12. The molecule has 0 radical (unpaired) electrons. The van der Waals surface area contributed by atoms with E-state index in [9.17, 15) is 12.9 Å². The smallest absolute Gasteiger partial charge is 0.500 e. The molecule has 0 fully saturated rings. The van der Waals surface area contributed by atoms with E-state index in [4.69, 9.17) is 0 Å². The van der Waals surface area contributed by atoms with Gasteiger partial charge in [0.15, 0.2) is 0 Å². The van der Waals surface area contributed by atoms with Gasteiger partial charge in [-0.25, -0.2) is 0 Å². The number of halogens is 4. The van der Waals surface area contributed by atoms with Crippen molar-refractivity contribution in [1.82, 2.24) is 0 Å². The van der Waals surface area contributed by atoms with Crippen LogP contribution >= 0.6 is 15.9 Å². The fourth-order valence-corrected chi connectivity index (χ4v) is 1.47. The molecular weight excluding hydrogens is 299 g/mol. The minimum absolute atomic E-state index is 0. The topological polar surface area (TPSA) is 9.23 Å². The Hall–Kier alpha value is 0.991. The monoisotopic (exact) mass is 306 g/mol. The van der Waals surface area contributed by atoms with E-state index in [0.717, 1.165) is 6.07 Å². The van der Waals surface area contributed by atoms with E-state index in [1.165, 1.54) is 13.2 Å². The summed E-state index contributed by atoms with van der Waals surface area (Å²) in [5.74, 6) is -0.123.